The average molecular weight is 413 g/mol. The van der Waals surface area contributed by atoms with E-state index in [2.05, 4.69) is 16.0 Å². The van der Waals surface area contributed by atoms with Gasteiger partial charge in [0.15, 0.2) is 5.11 Å². The monoisotopic (exact) mass is 411 g/mol. The van der Waals surface area contributed by atoms with Crippen molar-refractivity contribution in [2.24, 2.45) is 5.92 Å². The van der Waals surface area contributed by atoms with E-state index in [1.807, 2.05) is 13.8 Å². The first kappa shape index (κ1) is 21.1. The fraction of sp³-hybridized carbons (Fsp3) is 0.467. The van der Waals surface area contributed by atoms with Gasteiger partial charge in [-0.25, -0.2) is 0 Å². The van der Waals surface area contributed by atoms with Crippen LogP contribution >= 0.6 is 47.0 Å². The number of carbonyl (C=O) groups excluding carboxylic acids is 1. The van der Waals surface area contributed by atoms with Crippen LogP contribution in [0.15, 0.2) is 24.3 Å². The second-order valence-electron chi connectivity index (χ2n) is 5.47. The SMILES string of the molecule is COc1ccc(NC(=S)N[C@@H](NC(=O)CC(C)C)C(Cl)(Cl)Cl)cc1. The topological polar surface area (TPSA) is 62.4 Å². The van der Waals surface area contributed by atoms with Gasteiger partial charge in [0.1, 0.15) is 11.9 Å². The van der Waals surface area contributed by atoms with Gasteiger partial charge < -0.3 is 20.7 Å². The van der Waals surface area contributed by atoms with Crippen molar-refractivity contribution < 1.29 is 9.53 Å². The summed E-state index contributed by atoms with van der Waals surface area (Å²) < 4.78 is 3.32. The van der Waals surface area contributed by atoms with Crippen molar-refractivity contribution in [2.75, 3.05) is 12.4 Å². The van der Waals surface area contributed by atoms with Gasteiger partial charge in [-0.05, 0) is 42.4 Å². The molecule has 0 aliphatic rings. The molecule has 0 saturated heterocycles. The van der Waals surface area contributed by atoms with Crippen LogP contribution in [0.25, 0.3) is 0 Å². The number of amides is 1. The van der Waals surface area contributed by atoms with Gasteiger partial charge in [0, 0.05) is 12.1 Å². The molecule has 0 fully saturated rings. The molecule has 0 saturated carbocycles. The molecule has 0 bridgehead atoms. The first-order valence-electron chi connectivity index (χ1n) is 7.19. The fourth-order valence-corrected chi connectivity index (χ4v) is 2.33. The number of benzene rings is 1. The summed E-state index contributed by atoms with van der Waals surface area (Å²) in [5.74, 6) is 0.672. The molecule has 1 aromatic rings. The molecule has 0 aliphatic carbocycles. The molecular formula is C15H20Cl3N3O2S. The predicted molar refractivity (Wildman–Crippen MR) is 104 cm³/mol. The Morgan fingerprint density at radius 3 is 2.25 bits per heavy atom. The minimum atomic E-state index is -1.77. The summed E-state index contributed by atoms with van der Waals surface area (Å²) in [4.78, 5) is 11.9. The molecule has 9 heteroatoms. The number of rotatable bonds is 6. The molecule has 1 atom stereocenters. The largest absolute Gasteiger partial charge is 0.497 e. The fourth-order valence-electron chi connectivity index (χ4n) is 1.76. The molecule has 0 spiro atoms. The lowest BCUT2D eigenvalue weighted by molar-refractivity contribution is -0.122. The Hall–Kier alpha value is -0.950. The minimum Gasteiger partial charge on any atom is -0.497 e. The summed E-state index contributed by atoms with van der Waals surface area (Å²) in [6.07, 6.45) is -0.649. The molecule has 5 nitrogen and oxygen atoms in total. The number of methoxy groups -OCH3 is 1. The minimum absolute atomic E-state index is 0.186. The van der Waals surface area contributed by atoms with E-state index in [-0.39, 0.29) is 16.9 Å². The Morgan fingerprint density at radius 1 is 1.21 bits per heavy atom. The van der Waals surface area contributed by atoms with E-state index in [1.54, 1.807) is 31.4 Å². The molecule has 1 amide bonds. The zero-order valence-electron chi connectivity index (χ0n) is 13.5. The molecule has 0 heterocycles. The zero-order chi connectivity index (χ0) is 18.3. The van der Waals surface area contributed by atoms with Gasteiger partial charge >= 0.3 is 0 Å². The van der Waals surface area contributed by atoms with E-state index < -0.39 is 9.96 Å². The number of hydrogen-bond acceptors (Lipinski definition) is 3. The summed E-state index contributed by atoms with van der Waals surface area (Å²) in [5, 5.41) is 8.59. The predicted octanol–water partition coefficient (Wildman–Crippen LogP) is 3.84. The Morgan fingerprint density at radius 2 is 1.79 bits per heavy atom. The van der Waals surface area contributed by atoms with Crippen LogP contribution in [0.1, 0.15) is 20.3 Å². The summed E-state index contributed by atoms with van der Waals surface area (Å²) in [6, 6.07) is 7.13. The molecule has 1 rings (SSSR count). The number of thiocarbonyl (C=S) groups is 1. The number of nitrogens with one attached hydrogen (secondary N) is 3. The van der Waals surface area contributed by atoms with E-state index in [0.717, 1.165) is 11.4 Å². The quantitative estimate of drug-likeness (QED) is 0.376. The highest BCUT2D eigenvalue weighted by Gasteiger charge is 2.34. The highest BCUT2D eigenvalue weighted by Crippen LogP contribution is 2.29. The standard InChI is InChI=1S/C15H20Cl3N3O2S/c1-9(2)8-12(22)20-13(15(16,17)18)21-14(24)19-10-4-6-11(23-3)7-5-10/h4-7,9,13H,8H2,1-3H3,(H,20,22)(H2,19,21,24)/t13-/m1/s1. The molecule has 134 valence electrons. The Kier molecular flexibility index (Phi) is 8.36. The van der Waals surface area contributed by atoms with Crippen LogP contribution in [-0.2, 0) is 4.79 Å². The summed E-state index contributed by atoms with van der Waals surface area (Å²) in [6.45, 7) is 3.85. The number of halogens is 3. The first-order chi connectivity index (χ1) is 11.1. The second-order valence-corrected chi connectivity index (χ2v) is 8.24. The van der Waals surface area contributed by atoms with Crippen molar-refractivity contribution in [1.29, 1.82) is 0 Å². The van der Waals surface area contributed by atoms with Crippen molar-refractivity contribution in [2.45, 2.75) is 30.2 Å². The normalized spacial score (nSPS) is 12.5. The zero-order valence-corrected chi connectivity index (χ0v) is 16.6. The average Bonchev–Trinajstić information content (AvgIpc) is 2.45. The van der Waals surface area contributed by atoms with Gasteiger partial charge in [-0.15, -0.1) is 0 Å². The van der Waals surface area contributed by atoms with Gasteiger partial charge in [-0.2, -0.15) is 0 Å². The molecule has 24 heavy (non-hydrogen) atoms. The third kappa shape index (κ3) is 7.75. The maximum Gasteiger partial charge on any atom is 0.228 e. The van der Waals surface area contributed by atoms with E-state index in [4.69, 9.17) is 51.8 Å². The maximum atomic E-state index is 11.9. The second kappa shape index (κ2) is 9.51. The van der Waals surface area contributed by atoms with Crippen molar-refractivity contribution >= 4 is 63.7 Å². The summed E-state index contributed by atoms with van der Waals surface area (Å²) in [7, 11) is 1.58. The van der Waals surface area contributed by atoms with Crippen LogP contribution in [0, 0.1) is 5.92 Å². The van der Waals surface area contributed by atoms with Crippen LogP contribution < -0.4 is 20.7 Å². The molecule has 1 aromatic carbocycles. The molecule has 0 aromatic heterocycles. The first-order valence-corrected chi connectivity index (χ1v) is 8.73. The highest BCUT2D eigenvalue weighted by atomic mass is 35.6. The third-order valence-electron chi connectivity index (χ3n) is 2.85. The van der Waals surface area contributed by atoms with Gasteiger partial charge in [0.25, 0.3) is 0 Å². The number of ether oxygens (including phenoxy) is 1. The third-order valence-corrected chi connectivity index (χ3v) is 3.72. The van der Waals surface area contributed by atoms with Crippen LogP contribution in [0.4, 0.5) is 5.69 Å². The number of carbonyl (C=O) groups is 1. The van der Waals surface area contributed by atoms with E-state index >= 15 is 0 Å². The van der Waals surface area contributed by atoms with Crippen LogP contribution in [0.2, 0.25) is 0 Å². The lowest BCUT2D eigenvalue weighted by Gasteiger charge is -2.28. The van der Waals surface area contributed by atoms with Crippen molar-refractivity contribution in [3.05, 3.63) is 24.3 Å². The van der Waals surface area contributed by atoms with E-state index in [0.29, 0.717) is 6.42 Å². The van der Waals surface area contributed by atoms with E-state index in [9.17, 15) is 4.79 Å². The number of anilines is 1. The maximum absolute atomic E-state index is 11.9. The highest BCUT2D eigenvalue weighted by molar-refractivity contribution is 7.80. The Bertz CT molecular complexity index is 562. The smallest absolute Gasteiger partial charge is 0.228 e. The van der Waals surface area contributed by atoms with Gasteiger partial charge in [-0.3, -0.25) is 4.79 Å². The van der Waals surface area contributed by atoms with Gasteiger partial charge in [0.05, 0.1) is 7.11 Å². The van der Waals surface area contributed by atoms with Crippen LogP contribution in [-0.4, -0.2) is 28.1 Å². The lowest BCUT2D eigenvalue weighted by Crippen LogP contribution is -2.56. The van der Waals surface area contributed by atoms with Crippen LogP contribution in [0.5, 0.6) is 5.75 Å². The summed E-state index contributed by atoms with van der Waals surface area (Å²) >= 11 is 23.0. The molecule has 0 aliphatic heterocycles. The molecule has 3 N–H and O–H groups in total. The van der Waals surface area contributed by atoms with Crippen LogP contribution in [0.3, 0.4) is 0 Å². The van der Waals surface area contributed by atoms with Crippen molar-refractivity contribution in [3.63, 3.8) is 0 Å². The molecule has 0 unspecified atom stereocenters. The van der Waals surface area contributed by atoms with Gasteiger partial charge in [0.2, 0.25) is 9.70 Å². The lowest BCUT2D eigenvalue weighted by atomic mass is 10.1. The van der Waals surface area contributed by atoms with E-state index in [1.165, 1.54) is 0 Å². The van der Waals surface area contributed by atoms with Crippen molar-refractivity contribution in [1.82, 2.24) is 10.6 Å². The molecular weight excluding hydrogens is 393 g/mol. The Balaban J connectivity index is 2.68. The Labute approximate surface area is 162 Å². The van der Waals surface area contributed by atoms with Crippen molar-refractivity contribution in [3.8, 4) is 5.75 Å². The summed E-state index contributed by atoms with van der Waals surface area (Å²) in [5.41, 5.74) is 0.727. The number of alkyl halides is 3. The van der Waals surface area contributed by atoms with Gasteiger partial charge in [-0.1, -0.05) is 48.7 Å². The number of hydrogen-bond donors (Lipinski definition) is 3. The molecule has 0 radical (unpaired) electrons.